The molecular formula is C14H22N2O3. The highest BCUT2D eigenvalue weighted by Gasteiger charge is 2.05. The molecule has 0 bridgehead atoms. The fourth-order valence-corrected chi connectivity index (χ4v) is 1.53. The van der Waals surface area contributed by atoms with Crippen molar-refractivity contribution in [3.05, 3.63) is 18.2 Å². The lowest BCUT2D eigenvalue weighted by molar-refractivity contribution is 0.251. The van der Waals surface area contributed by atoms with Crippen LogP contribution in [0, 0.1) is 5.92 Å². The number of rotatable bonds is 6. The first-order chi connectivity index (χ1) is 9.05. The van der Waals surface area contributed by atoms with Crippen molar-refractivity contribution < 1.29 is 14.3 Å². The third kappa shape index (κ3) is 5.50. The minimum Gasteiger partial charge on any atom is -0.497 e. The molecule has 2 N–H and O–H groups in total. The highest BCUT2D eigenvalue weighted by Crippen LogP contribution is 2.25. The van der Waals surface area contributed by atoms with E-state index in [1.165, 1.54) is 0 Å². The van der Waals surface area contributed by atoms with Crippen LogP contribution in [0.3, 0.4) is 0 Å². The molecular weight excluding hydrogens is 244 g/mol. The van der Waals surface area contributed by atoms with E-state index in [9.17, 15) is 4.79 Å². The van der Waals surface area contributed by atoms with Crippen LogP contribution in [0.15, 0.2) is 18.2 Å². The van der Waals surface area contributed by atoms with Crippen LogP contribution in [0.25, 0.3) is 0 Å². The Morgan fingerprint density at radius 2 is 1.74 bits per heavy atom. The van der Waals surface area contributed by atoms with Gasteiger partial charge in [-0.05, 0) is 12.3 Å². The van der Waals surface area contributed by atoms with Crippen molar-refractivity contribution in [3.63, 3.8) is 0 Å². The van der Waals surface area contributed by atoms with Crippen LogP contribution in [-0.4, -0.2) is 26.8 Å². The molecule has 19 heavy (non-hydrogen) atoms. The molecule has 0 aromatic heterocycles. The first-order valence-electron chi connectivity index (χ1n) is 6.33. The molecule has 0 saturated carbocycles. The van der Waals surface area contributed by atoms with Gasteiger partial charge in [0.05, 0.1) is 14.2 Å². The van der Waals surface area contributed by atoms with Gasteiger partial charge in [0.15, 0.2) is 0 Å². The topological polar surface area (TPSA) is 59.6 Å². The minimum absolute atomic E-state index is 0.226. The monoisotopic (exact) mass is 266 g/mol. The summed E-state index contributed by atoms with van der Waals surface area (Å²) < 4.78 is 10.3. The number of anilines is 1. The van der Waals surface area contributed by atoms with Crippen molar-refractivity contribution in [3.8, 4) is 11.5 Å². The van der Waals surface area contributed by atoms with Crippen LogP contribution in [0.2, 0.25) is 0 Å². The maximum absolute atomic E-state index is 11.7. The lowest BCUT2D eigenvalue weighted by Crippen LogP contribution is -2.30. The summed E-state index contributed by atoms with van der Waals surface area (Å²) in [5, 5.41) is 5.56. The summed E-state index contributed by atoms with van der Waals surface area (Å²) in [6, 6.07) is 5.01. The Balaban J connectivity index is 2.58. The summed E-state index contributed by atoms with van der Waals surface area (Å²) in [6.07, 6.45) is 0.953. The minimum atomic E-state index is -0.226. The zero-order valence-electron chi connectivity index (χ0n) is 11.9. The van der Waals surface area contributed by atoms with Gasteiger partial charge < -0.3 is 20.1 Å². The third-order valence-corrected chi connectivity index (χ3v) is 2.62. The quantitative estimate of drug-likeness (QED) is 0.832. The Hall–Kier alpha value is -1.91. The zero-order valence-corrected chi connectivity index (χ0v) is 11.9. The van der Waals surface area contributed by atoms with Crippen LogP contribution in [0.5, 0.6) is 11.5 Å². The second-order valence-corrected chi connectivity index (χ2v) is 4.66. The molecule has 0 saturated heterocycles. The lowest BCUT2D eigenvalue weighted by atomic mass is 10.1. The van der Waals surface area contributed by atoms with Gasteiger partial charge in [-0.15, -0.1) is 0 Å². The number of hydrogen-bond acceptors (Lipinski definition) is 3. The lowest BCUT2D eigenvalue weighted by Gasteiger charge is -2.11. The summed E-state index contributed by atoms with van der Waals surface area (Å²) in [6.45, 7) is 4.89. The zero-order chi connectivity index (χ0) is 14.3. The Kier molecular flexibility index (Phi) is 5.99. The van der Waals surface area contributed by atoms with Gasteiger partial charge in [0.2, 0.25) is 0 Å². The number of carbonyl (C=O) groups is 1. The van der Waals surface area contributed by atoms with E-state index in [2.05, 4.69) is 24.5 Å². The van der Waals surface area contributed by atoms with Crippen LogP contribution in [-0.2, 0) is 0 Å². The molecule has 0 heterocycles. The van der Waals surface area contributed by atoms with Crippen molar-refractivity contribution in [2.75, 3.05) is 26.1 Å². The van der Waals surface area contributed by atoms with Crippen molar-refractivity contribution in [1.29, 1.82) is 0 Å². The molecule has 0 aliphatic heterocycles. The van der Waals surface area contributed by atoms with E-state index in [1.54, 1.807) is 32.4 Å². The highest BCUT2D eigenvalue weighted by atomic mass is 16.5. The van der Waals surface area contributed by atoms with Gasteiger partial charge in [-0.2, -0.15) is 0 Å². The molecule has 0 radical (unpaired) electrons. The SMILES string of the molecule is COc1cc(NC(=O)NCCC(C)C)cc(OC)c1. The average Bonchev–Trinajstić information content (AvgIpc) is 2.37. The molecule has 0 aliphatic carbocycles. The second-order valence-electron chi connectivity index (χ2n) is 4.66. The molecule has 1 aromatic rings. The van der Waals surface area contributed by atoms with Crippen molar-refractivity contribution in [2.24, 2.45) is 5.92 Å². The summed E-state index contributed by atoms with van der Waals surface area (Å²) >= 11 is 0. The van der Waals surface area contributed by atoms with E-state index in [4.69, 9.17) is 9.47 Å². The van der Waals surface area contributed by atoms with Crippen molar-refractivity contribution in [2.45, 2.75) is 20.3 Å². The van der Waals surface area contributed by atoms with E-state index in [-0.39, 0.29) is 6.03 Å². The molecule has 5 nitrogen and oxygen atoms in total. The van der Waals surface area contributed by atoms with Gasteiger partial charge in [0.25, 0.3) is 0 Å². The molecule has 5 heteroatoms. The number of ether oxygens (including phenoxy) is 2. The number of methoxy groups -OCH3 is 2. The van der Waals surface area contributed by atoms with Gasteiger partial charge in [-0.25, -0.2) is 4.79 Å². The maximum atomic E-state index is 11.7. The normalized spacial score (nSPS) is 10.2. The Morgan fingerprint density at radius 1 is 1.16 bits per heavy atom. The fraction of sp³-hybridized carbons (Fsp3) is 0.500. The second kappa shape index (κ2) is 7.51. The predicted molar refractivity (Wildman–Crippen MR) is 76.0 cm³/mol. The molecule has 1 rings (SSSR count). The van der Waals surface area contributed by atoms with Crippen LogP contribution in [0.1, 0.15) is 20.3 Å². The van der Waals surface area contributed by atoms with Gasteiger partial charge in [0, 0.05) is 30.4 Å². The molecule has 0 unspecified atom stereocenters. The van der Waals surface area contributed by atoms with Crippen LogP contribution in [0.4, 0.5) is 10.5 Å². The van der Waals surface area contributed by atoms with E-state index in [0.717, 1.165) is 6.42 Å². The third-order valence-electron chi connectivity index (χ3n) is 2.62. The summed E-state index contributed by atoms with van der Waals surface area (Å²) in [4.78, 5) is 11.7. The average molecular weight is 266 g/mol. The van der Waals surface area contributed by atoms with Crippen LogP contribution >= 0.6 is 0 Å². The number of amides is 2. The Morgan fingerprint density at radius 3 is 2.21 bits per heavy atom. The van der Waals surface area contributed by atoms with E-state index in [0.29, 0.717) is 29.6 Å². The van der Waals surface area contributed by atoms with E-state index < -0.39 is 0 Å². The first kappa shape index (κ1) is 15.1. The van der Waals surface area contributed by atoms with Crippen molar-refractivity contribution in [1.82, 2.24) is 5.32 Å². The number of carbonyl (C=O) groups excluding carboxylic acids is 1. The smallest absolute Gasteiger partial charge is 0.319 e. The Labute approximate surface area is 114 Å². The van der Waals surface area contributed by atoms with E-state index >= 15 is 0 Å². The number of hydrogen-bond donors (Lipinski definition) is 2. The number of nitrogens with one attached hydrogen (secondary N) is 2. The maximum Gasteiger partial charge on any atom is 0.319 e. The molecule has 0 spiro atoms. The molecule has 2 amide bonds. The molecule has 106 valence electrons. The summed E-state index contributed by atoms with van der Waals surface area (Å²) in [7, 11) is 3.14. The number of urea groups is 1. The molecule has 0 aliphatic rings. The molecule has 1 aromatic carbocycles. The predicted octanol–water partition coefficient (Wildman–Crippen LogP) is 2.87. The highest BCUT2D eigenvalue weighted by molar-refractivity contribution is 5.89. The fourth-order valence-electron chi connectivity index (χ4n) is 1.53. The van der Waals surface area contributed by atoms with Crippen molar-refractivity contribution >= 4 is 11.7 Å². The molecule has 0 fully saturated rings. The first-order valence-corrected chi connectivity index (χ1v) is 6.33. The summed E-state index contributed by atoms with van der Waals surface area (Å²) in [5.74, 6) is 1.84. The number of benzene rings is 1. The van der Waals surface area contributed by atoms with Gasteiger partial charge in [-0.3, -0.25) is 0 Å². The molecule has 0 atom stereocenters. The largest absolute Gasteiger partial charge is 0.497 e. The van der Waals surface area contributed by atoms with Crippen LogP contribution < -0.4 is 20.1 Å². The Bertz CT molecular complexity index is 397. The van der Waals surface area contributed by atoms with Gasteiger partial charge in [0.1, 0.15) is 11.5 Å². The van der Waals surface area contributed by atoms with Gasteiger partial charge >= 0.3 is 6.03 Å². The summed E-state index contributed by atoms with van der Waals surface area (Å²) in [5.41, 5.74) is 0.637. The van der Waals surface area contributed by atoms with Gasteiger partial charge in [-0.1, -0.05) is 13.8 Å². The van der Waals surface area contributed by atoms with E-state index in [1.807, 2.05) is 0 Å². The standard InChI is InChI=1S/C14H22N2O3/c1-10(2)5-6-15-14(17)16-11-7-12(18-3)9-13(8-11)19-4/h7-10H,5-6H2,1-4H3,(H2,15,16,17).